The second kappa shape index (κ2) is 5.55. The maximum Gasteiger partial charge on any atom is 0.335 e. The van der Waals surface area contributed by atoms with E-state index in [4.69, 9.17) is 5.11 Å². The van der Waals surface area contributed by atoms with Gasteiger partial charge >= 0.3 is 5.97 Å². The summed E-state index contributed by atoms with van der Waals surface area (Å²) in [5.41, 5.74) is -0.439. The van der Waals surface area contributed by atoms with Crippen LogP contribution in [0.15, 0.2) is 12.1 Å². The highest BCUT2D eigenvalue weighted by molar-refractivity contribution is 5.88. The summed E-state index contributed by atoms with van der Waals surface area (Å²) < 4.78 is 28.0. The van der Waals surface area contributed by atoms with Crippen LogP contribution in [-0.4, -0.2) is 23.7 Å². The second-order valence-corrected chi connectivity index (χ2v) is 4.87. The van der Waals surface area contributed by atoms with Gasteiger partial charge in [-0.1, -0.05) is 13.3 Å². The molecule has 1 N–H and O–H groups in total. The third-order valence-corrected chi connectivity index (χ3v) is 3.29. The van der Waals surface area contributed by atoms with E-state index in [1.54, 1.807) is 4.90 Å². The summed E-state index contributed by atoms with van der Waals surface area (Å²) in [6, 6.07) is 1.97. The lowest BCUT2D eigenvalue weighted by Gasteiger charge is -2.25. The molecule has 0 aromatic heterocycles. The van der Waals surface area contributed by atoms with Crippen LogP contribution >= 0.6 is 0 Å². The first-order valence-corrected chi connectivity index (χ1v) is 6.53. The van der Waals surface area contributed by atoms with Crippen molar-refractivity contribution < 1.29 is 18.7 Å². The quantitative estimate of drug-likeness (QED) is 0.860. The molecule has 2 rings (SSSR count). The fraction of sp³-hybridized carbons (Fsp3) is 0.500. The molecule has 0 atom stereocenters. The number of unbranched alkanes of at least 4 members (excludes halogenated alkanes) is 1. The van der Waals surface area contributed by atoms with E-state index < -0.39 is 17.6 Å². The summed E-state index contributed by atoms with van der Waals surface area (Å²) in [7, 11) is 0. The van der Waals surface area contributed by atoms with Gasteiger partial charge in [0, 0.05) is 12.6 Å². The minimum atomic E-state index is -1.32. The molecule has 0 spiro atoms. The van der Waals surface area contributed by atoms with E-state index in [0.717, 1.165) is 37.8 Å². The van der Waals surface area contributed by atoms with Crippen LogP contribution in [0.5, 0.6) is 0 Å². The maximum atomic E-state index is 14.0. The van der Waals surface area contributed by atoms with Gasteiger partial charge in [-0.2, -0.15) is 0 Å². The summed E-state index contributed by atoms with van der Waals surface area (Å²) in [5, 5.41) is 8.78. The first-order valence-electron chi connectivity index (χ1n) is 6.53. The summed E-state index contributed by atoms with van der Waals surface area (Å²) in [4.78, 5) is 12.5. The predicted octanol–water partition coefficient (Wildman–Crippen LogP) is 3.43. The third-order valence-electron chi connectivity index (χ3n) is 3.29. The Labute approximate surface area is 110 Å². The van der Waals surface area contributed by atoms with E-state index >= 15 is 0 Å². The topological polar surface area (TPSA) is 40.5 Å². The molecule has 1 aromatic carbocycles. The molecule has 19 heavy (non-hydrogen) atoms. The molecule has 1 aliphatic carbocycles. The number of halogens is 2. The lowest BCUT2D eigenvalue weighted by Crippen LogP contribution is -2.29. The van der Waals surface area contributed by atoms with E-state index in [1.165, 1.54) is 0 Å². The molecule has 0 heterocycles. The van der Waals surface area contributed by atoms with Gasteiger partial charge in [0.25, 0.3) is 0 Å². The first kappa shape index (κ1) is 13.8. The Hall–Kier alpha value is -1.65. The number of nitrogens with zero attached hydrogens (tertiary/aromatic N) is 1. The Kier molecular flexibility index (Phi) is 4.02. The fourth-order valence-corrected chi connectivity index (χ4v) is 2.15. The minimum Gasteiger partial charge on any atom is -0.478 e. The fourth-order valence-electron chi connectivity index (χ4n) is 2.15. The van der Waals surface area contributed by atoms with Crippen molar-refractivity contribution in [2.24, 2.45) is 0 Å². The van der Waals surface area contributed by atoms with E-state index in [1.807, 2.05) is 6.92 Å². The number of carboxylic acid groups (broad SMARTS) is 1. The van der Waals surface area contributed by atoms with E-state index in [-0.39, 0.29) is 17.3 Å². The van der Waals surface area contributed by atoms with Gasteiger partial charge in [0.15, 0.2) is 0 Å². The third kappa shape index (κ3) is 3.03. The predicted molar refractivity (Wildman–Crippen MR) is 68.6 cm³/mol. The average molecular weight is 269 g/mol. The van der Waals surface area contributed by atoms with Gasteiger partial charge in [-0.25, -0.2) is 13.6 Å². The van der Waals surface area contributed by atoms with Crippen molar-refractivity contribution in [1.29, 1.82) is 0 Å². The molecule has 0 saturated heterocycles. The molecule has 1 fully saturated rings. The molecule has 0 unspecified atom stereocenters. The number of carbonyl (C=O) groups is 1. The Morgan fingerprint density at radius 2 is 1.95 bits per heavy atom. The van der Waals surface area contributed by atoms with Crippen LogP contribution in [0, 0.1) is 11.6 Å². The molecule has 0 bridgehead atoms. The Morgan fingerprint density at radius 1 is 1.37 bits per heavy atom. The maximum absolute atomic E-state index is 14.0. The van der Waals surface area contributed by atoms with Gasteiger partial charge < -0.3 is 10.0 Å². The van der Waals surface area contributed by atoms with Crippen molar-refractivity contribution in [2.45, 2.75) is 38.6 Å². The van der Waals surface area contributed by atoms with E-state index in [0.29, 0.717) is 6.54 Å². The normalized spacial score (nSPS) is 14.5. The highest BCUT2D eigenvalue weighted by Gasteiger charge is 2.32. The summed E-state index contributed by atoms with van der Waals surface area (Å²) in [6.45, 7) is 2.62. The van der Waals surface area contributed by atoms with Crippen LogP contribution in [0.4, 0.5) is 14.5 Å². The van der Waals surface area contributed by atoms with E-state index in [9.17, 15) is 13.6 Å². The van der Waals surface area contributed by atoms with Gasteiger partial charge in [0.2, 0.25) is 0 Å². The molecule has 0 radical (unpaired) electrons. The highest BCUT2D eigenvalue weighted by atomic mass is 19.1. The Balaban J connectivity index is 2.33. The molecular formula is C14H17F2NO2. The number of benzene rings is 1. The number of aromatic carboxylic acids is 1. The van der Waals surface area contributed by atoms with Gasteiger partial charge in [-0.15, -0.1) is 0 Å². The van der Waals surface area contributed by atoms with Crippen molar-refractivity contribution in [1.82, 2.24) is 0 Å². The number of hydrogen-bond acceptors (Lipinski definition) is 2. The van der Waals surface area contributed by atoms with Crippen molar-refractivity contribution in [3.05, 3.63) is 29.3 Å². The number of rotatable bonds is 6. The zero-order valence-electron chi connectivity index (χ0n) is 10.8. The van der Waals surface area contributed by atoms with Gasteiger partial charge in [-0.3, -0.25) is 0 Å². The Morgan fingerprint density at radius 3 is 2.37 bits per heavy atom. The summed E-state index contributed by atoms with van der Waals surface area (Å²) in [5.74, 6) is -2.91. The lowest BCUT2D eigenvalue weighted by molar-refractivity contribution is 0.0696. The van der Waals surface area contributed by atoms with Crippen LogP contribution in [0.2, 0.25) is 0 Å². The molecule has 1 saturated carbocycles. The van der Waals surface area contributed by atoms with E-state index in [2.05, 4.69) is 0 Å². The number of carboxylic acids is 1. The lowest BCUT2D eigenvalue weighted by atomic mass is 10.1. The molecule has 3 nitrogen and oxygen atoms in total. The standard InChI is InChI=1S/C14H17F2NO2/c1-2-3-6-17(10-4-5-10)13-11(15)7-9(14(18)19)8-12(13)16/h7-8,10H,2-6H2,1H3,(H,18,19). The monoisotopic (exact) mass is 269 g/mol. The molecule has 1 aliphatic rings. The van der Waals surface area contributed by atoms with Gasteiger partial charge in [0.05, 0.1) is 5.56 Å². The Bertz CT molecular complexity index is 463. The summed E-state index contributed by atoms with van der Waals surface area (Å²) in [6.07, 6.45) is 3.67. The first-order chi connectivity index (χ1) is 9.04. The summed E-state index contributed by atoms with van der Waals surface area (Å²) >= 11 is 0. The molecule has 104 valence electrons. The molecule has 5 heteroatoms. The molecule has 0 amide bonds. The molecule has 0 aliphatic heterocycles. The smallest absolute Gasteiger partial charge is 0.335 e. The van der Waals surface area contributed by atoms with Crippen LogP contribution in [0.3, 0.4) is 0 Å². The zero-order valence-corrected chi connectivity index (χ0v) is 10.8. The van der Waals surface area contributed by atoms with Gasteiger partial charge in [-0.05, 0) is 31.4 Å². The van der Waals surface area contributed by atoms with Crippen molar-refractivity contribution in [3.8, 4) is 0 Å². The van der Waals surface area contributed by atoms with Gasteiger partial charge in [0.1, 0.15) is 17.3 Å². The minimum absolute atomic E-state index is 0.0825. The van der Waals surface area contributed by atoms with Crippen molar-refractivity contribution in [2.75, 3.05) is 11.4 Å². The van der Waals surface area contributed by atoms with Crippen LogP contribution in [0.25, 0.3) is 0 Å². The number of anilines is 1. The molecule has 1 aromatic rings. The average Bonchev–Trinajstić information content (AvgIpc) is 3.16. The second-order valence-electron chi connectivity index (χ2n) is 4.87. The largest absolute Gasteiger partial charge is 0.478 e. The van der Waals surface area contributed by atoms with Crippen molar-refractivity contribution in [3.63, 3.8) is 0 Å². The van der Waals surface area contributed by atoms with Crippen LogP contribution < -0.4 is 4.90 Å². The number of hydrogen-bond donors (Lipinski definition) is 1. The van der Waals surface area contributed by atoms with Crippen LogP contribution in [-0.2, 0) is 0 Å². The highest BCUT2D eigenvalue weighted by Crippen LogP contribution is 2.35. The molecular weight excluding hydrogens is 252 g/mol. The van der Waals surface area contributed by atoms with Crippen molar-refractivity contribution >= 4 is 11.7 Å². The zero-order chi connectivity index (χ0) is 14.0. The van der Waals surface area contributed by atoms with Crippen LogP contribution in [0.1, 0.15) is 43.0 Å². The SMILES string of the molecule is CCCCN(c1c(F)cc(C(=O)O)cc1F)C1CC1.